The van der Waals surface area contributed by atoms with Crippen molar-refractivity contribution in [1.82, 2.24) is 0 Å². The highest BCUT2D eigenvalue weighted by Gasteiger charge is 2.31. The van der Waals surface area contributed by atoms with E-state index in [2.05, 4.69) is 5.32 Å². The zero-order valence-corrected chi connectivity index (χ0v) is 12.2. The molecule has 1 heterocycles. The van der Waals surface area contributed by atoms with E-state index in [0.717, 1.165) is 31.6 Å². The van der Waals surface area contributed by atoms with Gasteiger partial charge in [-0.15, -0.1) is 0 Å². The van der Waals surface area contributed by atoms with Crippen LogP contribution in [-0.4, -0.2) is 25.8 Å². The third-order valence-corrected chi connectivity index (χ3v) is 3.81. The number of hydrogen-bond acceptors (Lipinski definition) is 3. The summed E-state index contributed by atoms with van der Waals surface area (Å²) < 4.78 is 43.8. The number of hydrogen-bond donors (Lipinski definition) is 2. The minimum absolute atomic E-state index is 0.0444. The molecule has 3 N–H and O–H groups in total. The highest BCUT2D eigenvalue weighted by atomic mass is 35.5. The molecule has 0 bridgehead atoms. The molecule has 0 amide bonds. The van der Waals surface area contributed by atoms with Gasteiger partial charge in [-0.05, 0) is 31.0 Å². The first-order chi connectivity index (χ1) is 9.90. The Morgan fingerprint density at radius 1 is 1.38 bits per heavy atom. The smallest absolute Gasteiger partial charge is 0.381 e. The summed E-state index contributed by atoms with van der Waals surface area (Å²) in [7, 11) is 0. The van der Waals surface area contributed by atoms with Crippen molar-refractivity contribution in [2.45, 2.75) is 25.1 Å². The number of nitrogens with two attached hydrogens (primary N) is 1. The van der Waals surface area contributed by atoms with Crippen LogP contribution in [0.1, 0.15) is 18.4 Å². The fraction of sp³-hybridized carbons (Fsp3) is 0.571. The van der Waals surface area contributed by atoms with Crippen molar-refractivity contribution in [3.05, 3.63) is 28.8 Å². The van der Waals surface area contributed by atoms with Gasteiger partial charge >= 0.3 is 6.18 Å². The normalized spacial score (nSPS) is 21.1. The fourth-order valence-corrected chi connectivity index (χ4v) is 2.74. The third kappa shape index (κ3) is 4.49. The lowest BCUT2D eigenvalue weighted by Crippen LogP contribution is -2.40. The SMILES string of the molecule is NCC(Nc1cc(Cl)cc(C(F)(F)F)c1)C1CCCOC1. The minimum atomic E-state index is -4.42. The van der Waals surface area contributed by atoms with E-state index in [1.165, 1.54) is 6.07 Å². The van der Waals surface area contributed by atoms with E-state index in [9.17, 15) is 13.2 Å². The van der Waals surface area contributed by atoms with Gasteiger partial charge in [0.05, 0.1) is 12.2 Å². The van der Waals surface area contributed by atoms with Crippen LogP contribution < -0.4 is 11.1 Å². The minimum Gasteiger partial charge on any atom is -0.381 e. The van der Waals surface area contributed by atoms with Crippen LogP contribution in [-0.2, 0) is 10.9 Å². The zero-order valence-electron chi connectivity index (χ0n) is 11.4. The topological polar surface area (TPSA) is 47.3 Å². The summed E-state index contributed by atoms with van der Waals surface area (Å²) in [5, 5.41) is 3.11. The number of nitrogens with one attached hydrogen (secondary N) is 1. The van der Waals surface area contributed by atoms with Gasteiger partial charge in [-0.2, -0.15) is 13.2 Å². The summed E-state index contributed by atoms with van der Waals surface area (Å²) in [5.41, 5.74) is 5.30. The molecule has 21 heavy (non-hydrogen) atoms. The molecule has 2 atom stereocenters. The lowest BCUT2D eigenvalue weighted by atomic mass is 9.93. The molecule has 3 nitrogen and oxygen atoms in total. The molecule has 0 saturated carbocycles. The van der Waals surface area contributed by atoms with E-state index < -0.39 is 11.7 Å². The van der Waals surface area contributed by atoms with Crippen molar-refractivity contribution in [2.75, 3.05) is 25.1 Å². The van der Waals surface area contributed by atoms with Crippen LogP contribution in [0, 0.1) is 5.92 Å². The number of alkyl halides is 3. The maximum absolute atomic E-state index is 12.8. The maximum Gasteiger partial charge on any atom is 0.416 e. The summed E-state index contributed by atoms with van der Waals surface area (Å²) >= 11 is 5.77. The van der Waals surface area contributed by atoms with Crippen LogP contribution in [0.5, 0.6) is 0 Å². The van der Waals surface area contributed by atoms with E-state index in [4.69, 9.17) is 22.1 Å². The predicted octanol–water partition coefficient (Wildman–Crippen LogP) is 3.52. The van der Waals surface area contributed by atoms with E-state index in [0.29, 0.717) is 18.8 Å². The molecule has 0 aromatic heterocycles. The average molecular weight is 323 g/mol. The van der Waals surface area contributed by atoms with Gasteiger partial charge in [0.1, 0.15) is 0 Å². The zero-order chi connectivity index (χ0) is 15.5. The molecule has 7 heteroatoms. The van der Waals surface area contributed by atoms with E-state index in [1.807, 2.05) is 0 Å². The van der Waals surface area contributed by atoms with Gasteiger partial charge < -0.3 is 15.8 Å². The number of rotatable bonds is 4. The van der Waals surface area contributed by atoms with Gasteiger partial charge in [-0.3, -0.25) is 0 Å². The monoisotopic (exact) mass is 322 g/mol. The van der Waals surface area contributed by atoms with E-state index >= 15 is 0 Å². The second-order valence-electron chi connectivity index (χ2n) is 5.19. The molecule has 2 unspecified atom stereocenters. The second-order valence-corrected chi connectivity index (χ2v) is 5.63. The average Bonchev–Trinajstić information content (AvgIpc) is 2.44. The first-order valence-electron chi connectivity index (χ1n) is 6.82. The highest BCUT2D eigenvalue weighted by Crippen LogP contribution is 2.33. The van der Waals surface area contributed by atoms with Gasteiger partial charge in [0.2, 0.25) is 0 Å². The number of halogens is 4. The van der Waals surface area contributed by atoms with Crippen molar-refractivity contribution in [3.63, 3.8) is 0 Å². The summed E-state index contributed by atoms with van der Waals surface area (Å²) in [5.74, 6) is 0.192. The van der Waals surface area contributed by atoms with Crippen LogP contribution in [0.15, 0.2) is 18.2 Å². The fourth-order valence-electron chi connectivity index (χ4n) is 2.50. The molecule has 1 saturated heterocycles. The Bertz CT molecular complexity index is 476. The Labute approximate surface area is 126 Å². The van der Waals surface area contributed by atoms with Crippen molar-refractivity contribution in [3.8, 4) is 0 Å². The molecule has 1 aliphatic rings. The molecule has 0 spiro atoms. The molecule has 1 aromatic carbocycles. The van der Waals surface area contributed by atoms with Crippen LogP contribution >= 0.6 is 11.6 Å². The van der Waals surface area contributed by atoms with E-state index in [1.54, 1.807) is 0 Å². The van der Waals surface area contributed by atoms with Crippen molar-refractivity contribution < 1.29 is 17.9 Å². The lowest BCUT2D eigenvalue weighted by Gasteiger charge is -2.31. The summed E-state index contributed by atoms with van der Waals surface area (Å²) in [4.78, 5) is 0. The standard InChI is InChI=1S/C14H18ClF3N2O/c15-11-4-10(14(16,17)18)5-12(6-11)20-13(7-19)9-2-1-3-21-8-9/h4-6,9,13,20H,1-3,7-8,19H2. The Balaban J connectivity index is 2.15. The Morgan fingerprint density at radius 3 is 2.71 bits per heavy atom. The van der Waals surface area contributed by atoms with Gasteiger partial charge in [0.25, 0.3) is 0 Å². The molecule has 0 radical (unpaired) electrons. The Kier molecular flexibility index (Phi) is 5.35. The molecular weight excluding hydrogens is 305 g/mol. The van der Waals surface area contributed by atoms with Crippen molar-refractivity contribution in [1.29, 1.82) is 0 Å². The molecule has 2 rings (SSSR count). The van der Waals surface area contributed by atoms with Crippen molar-refractivity contribution in [2.24, 2.45) is 11.7 Å². The molecule has 1 aromatic rings. The number of anilines is 1. The van der Waals surface area contributed by atoms with Crippen LogP contribution in [0.4, 0.5) is 18.9 Å². The van der Waals surface area contributed by atoms with Gasteiger partial charge in [-0.1, -0.05) is 11.6 Å². The molecule has 1 aliphatic heterocycles. The second kappa shape index (κ2) is 6.85. The van der Waals surface area contributed by atoms with Crippen LogP contribution in [0.3, 0.4) is 0 Å². The third-order valence-electron chi connectivity index (χ3n) is 3.60. The lowest BCUT2D eigenvalue weighted by molar-refractivity contribution is -0.137. The molecule has 0 aliphatic carbocycles. The quantitative estimate of drug-likeness (QED) is 0.891. The first kappa shape index (κ1) is 16.4. The van der Waals surface area contributed by atoms with Crippen LogP contribution in [0.25, 0.3) is 0 Å². The molecule has 118 valence electrons. The summed E-state index contributed by atoms with van der Waals surface area (Å²) in [6.45, 7) is 1.62. The summed E-state index contributed by atoms with van der Waals surface area (Å²) in [6, 6.07) is 3.31. The molecule has 1 fully saturated rings. The Morgan fingerprint density at radius 2 is 2.14 bits per heavy atom. The Hall–Kier alpha value is -0.980. The largest absolute Gasteiger partial charge is 0.416 e. The molecular formula is C14H18ClF3N2O. The van der Waals surface area contributed by atoms with Gasteiger partial charge in [0.15, 0.2) is 0 Å². The number of ether oxygens (including phenoxy) is 1. The first-order valence-corrected chi connectivity index (χ1v) is 7.20. The van der Waals surface area contributed by atoms with Crippen LogP contribution in [0.2, 0.25) is 5.02 Å². The van der Waals surface area contributed by atoms with E-state index in [-0.39, 0.29) is 17.0 Å². The van der Waals surface area contributed by atoms with Gasteiger partial charge in [-0.25, -0.2) is 0 Å². The van der Waals surface area contributed by atoms with Crippen molar-refractivity contribution >= 4 is 17.3 Å². The summed E-state index contributed by atoms with van der Waals surface area (Å²) in [6.07, 6.45) is -2.54. The predicted molar refractivity (Wildman–Crippen MR) is 76.5 cm³/mol. The number of benzene rings is 1. The van der Waals surface area contributed by atoms with Gasteiger partial charge in [0, 0.05) is 35.8 Å². The maximum atomic E-state index is 12.8. The highest BCUT2D eigenvalue weighted by molar-refractivity contribution is 6.30.